The lowest BCUT2D eigenvalue weighted by atomic mass is 10.4. The van der Waals surface area contributed by atoms with Gasteiger partial charge < -0.3 is 16.0 Å². The van der Waals surface area contributed by atoms with Crippen LogP contribution in [0.25, 0.3) is 11.2 Å². The molecule has 0 aliphatic heterocycles. The molecule has 1 fully saturated rings. The maximum Gasteiger partial charge on any atom is 0.224 e. The molecule has 0 saturated heterocycles. The number of hydrogen-bond acceptors (Lipinski definition) is 5. The second kappa shape index (κ2) is 2.57. The zero-order valence-corrected chi connectivity index (χ0v) is 7.49. The summed E-state index contributed by atoms with van der Waals surface area (Å²) >= 11 is 0. The van der Waals surface area contributed by atoms with Crippen LogP contribution in [0.15, 0.2) is 6.33 Å². The van der Waals surface area contributed by atoms with E-state index in [0.29, 0.717) is 11.7 Å². The number of nitrogens with two attached hydrogens (primary N) is 1. The van der Waals surface area contributed by atoms with Gasteiger partial charge in [-0.3, -0.25) is 0 Å². The molecule has 0 aromatic carbocycles. The molecule has 2 aromatic rings. The summed E-state index contributed by atoms with van der Waals surface area (Å²) in [5.74, 6) is 1.00. The summed E-state index contributed by atoms with van der Waals surface area (Å²) in [4.78, 5) is 15.2. The van der Waals surface area contributed by atoms with Crippen molar-refractivity contribution < 1.29 is 0 Å². The Morgan fingerprint density at radius 3 is 3.07 bits per heavy atom. The van der Waals surface area contributed by atoms with Crippen molar-refractivity contribution in [2.24, 2.45) is 0 Å². The molecule has 72 valence electrons. The molecule has 6 heteroatoms. The molecular formula is C8H10N6. The minimum Gasteiger partial charge on any atom is -0.368 e. The lowest BCUT2D eigenvalue weighted by Gasteiger charge is -2.03. The van der Waals surface area contributed by atoms with Crippen LogP contribution in [0.2, 0.25) is 0 Å². The molecule has 1 aliphatic rings. The predicted molar refractivity (Wildman–Crippen MR) is 52.7 cm³/mol. The van der Waals surface area contributed by atoms with Crippen molar-refractivity contribution in [1.82, 2.24) is 19.9 Å². The largest absolute Gasteiger partial charge is 0.368 e. The summed E-state index contributed by atoms with van der Waals surface area (Å²) < 4.78 is 0. The summed E-state index contributed by atoms with van der Waals surface area (Å²) in [6.45, 7) is 0. The average molecular weight is 190 g/mol. The minimum atomic E-state index is 0.268. The molecule has 2 aromatic heterocycles. The highest BCUT2D eigenvalue weighted by Crippen LogP contribution is 2.26. The van der Waals surface area contributed by atoms with Crippen molar-refractivity contribution in [3.05, 3.63) is 6.33 Å². The van der Waals surface area contributed by atoms with E-state index in [1.165, 1.54) is 12.8 Å². The topological polar surface area (TPSA) is 92.5 Å². The van der Waals surface area contributed by atoms with Gasteiger partial charge >= 0.3 is 0 Å². The Kier molecular flexibility index (Phi) is 1.38. The summed E-state index contributed by atoms with van der Waals surface area (Å²) in [6, 6.07) is 0.532. The van der Waals surface area contributed by atoms with Crippen LogP contribution in [0.5, 0.6) is 0 Å². The number of imidazole rings is 1. The Bertz CT molecular complexity index is 472. The van der Waals surface area contributed by atoms with E-state index in [4.69, 9.17) is 5.73 Å². The molecule has 0 atom stereocenters. The first-order chi connectivity index (χ1) is 6.83. The first-order valence-electron chi connectivity index (χ1n) is 4.56. The average Bonchev–Trinajstić information content (AvgIpc) is 2.81. The Balaban J connectivity index is 2.13. The zero-order valence-electron chi connectivity index (χ0n) is 7.49. The van der Waals surface area contributed by atoms with Gasteiger partial charge in [0.2, 0.25) is 5.95 Å². The van der Waals surface area contributed by atoms with Gasteiger partial charge in [-0.2, -0.15) is 9.97 Å². The van der Waals surface area contributed by atoms with Gasteiger partial charge in [0.25, 0.3) is 0 Å². The molecule has 3 rings (SSSR count). The van der Waals surface area contributed by atoms with Crippen molar-refractivity contribution >= 4 is 22.9 Å². The molecular weight excluding hydrogens is 180 g/mol. The molecule has 4 N–H and O–H groups in total. The third-order valence-corrected chi connectivity index (χ3v) is 2.21. The fourth-order valence-electron chi connectivity index (χ4n) is 1.37. The maximum absolute atomic E-state index is 5.57. The lowest BCUT2D eigenvalue weighted by Crippen LogP contribution is -2.06. The summed E-state index contributed by atoms with van der Waals surface area (Å²) in [5.41, 5.74) is 7.01. The van der Waals surface area contributed by atoms with Crippen LogP contribution in [-0.2, 0) is 0 Å². The Hall–Kier alpha value is -1.85. The molecule has 0 spiro atoms. The first kappa shape index (κ1) is 7.54. The molecule has 14 heavy (non-hydrogen) atoms. The summed E-state index contributed by atoms with van der Waals surface area (Å²) in [5, 5.41) is 3.27. The highest BCUT2D eigenvalue weighted by atomic mass is 15.1. The van der Waals surface area contributed by atoms with E-state index in [2.05, 4.69) is 25.3 Å². The van der Waals surface area contributed by atoms with Crippen molar-refractivity contribution in [2.75, 3.05) is 11.1 Å². The molecule has 0 bridgehead atoms. The van der Waals surface area contributed by atoms with E-state index in [0.717, 1.165) is 11.3 Å². The van der Waals surface area contributed by atoms with Crippen molar-refractivity contribution in [3.8, 4) is 0 Å². The van der Waals surface area contributed by atoms with Crippen molar-refractivity contribution in [3.63, 3.8) is 0 Å². The van der Waals surface area contributed by atoms with Crippen LogP contribution in [0.1, 0.15) is 12.8 Å². The van der Waals surface area contributed by atoms with Crippen LogP contribution in [0.4, 0.5) is 11.8 Å². The first-order valence-corrected chi connectivity index (χ1v) is 4.56. The summed E-state index contributed by atoms with van der Waals surface area (Å²) in [7, 11) is 0. The van der Waals surface area contributed by atoms with Gasteiger partial charge in [-0.1, -0.05) is 0 Å². The van der Waals surface area contributed by atoms with Gasteiger partial charge in [0.15, 0.2) is 11.5 Å². The number of nitrogen functional groups attached to an aromatic ring is 1. The normalized spacial score (nSPS) is 16.0. The SMILES string of the molecule is Nc1nc(NC2CC2)c2nc[nH]c2n1. The third kappa shape index (κ3) is 1.15. The highest BCUT2D eigenvalue weighted by molar-refractivity contribution is 5.83. The number of hydrogen-bond donors (Lipinski definition) is 3. The van der Waals surface area contributed by atoms with Crippen molar-refractivity contribution in [2.45, 2.75) is 18.9 Å². The number of rotatable bonds is 2. The molecule has 6 nitrogen and oxygen atoms in total. The van der Waals surface area contributed by atoms with Crippen LogP contribution >= 0.6 is 0 Å². The predicted octanol–water partition coefficient (Wildman–Crippen LogP) is 0.509. The molecule has 1 saturated carbocycles. The maximum atomic E-state index is 5.57. The number of H-pyrrole nitrogens is 1. The fraction of sp³-hybridized carbons (Fsp3) is 0.375. The Labute approximate surface area is 80.0 Å². The quantitative estimate of drug-likeness (QED) is 0.641. The van der Waals surface area contributed by atoms with E-state index in [9.17, 15) is 0 Å². The second-order valence-electron chi connectivity index (χ2n) is 3.45. The summed E-state index contributed by atoms with van der Waals surface area (Å²) in [6.07, 6.45) is 3.97. The van der Waals surface area contributed by atoms with Crippen LogP contribution in [0.3, 0.4) is 0 Å². The molecule has 0 unspecified atom stereocenters. The fourth-order valence-corrected chi connectivity index (χ4v) is 1.37. The minimum absolute atomic E-state index is 0.268. The van der Waals surface area contributed by atoms with Gasteiger partial charge in [0.1, 0.15) is 5.52 Å². The van der Waals surface area contributed by atoms with Gasteiger partial charge in [-0.25, -0.2) is 4.98 Å². The smallest absolute Gasteiger partial charge is 0.224 e. The van der Waals surface area contributed by atoms with E-state index in [-0.39, 0.29) is 5.95 Å². The van der Waals surface area contributed by atoms with E-state index >= 15 is 0 Å². The van der Waals surface area contributed by atoms with Crippen LogP contribution in [-0.4, -0.2) is 26.0 Å². The van der Waals surface area contributed by atoms with E-state index in [1.54, 1.807) is 6.33 Å². The van der Waals surface area contributed by atoms with E-state index < -0.39 is 0 Å². The molecule has 0 radical (unpaired) electrons. The number of aromatic amines is 1. The van der Waals surface area contributed by atoms with Gasteiger partial charge in [0, 0.05) is 6.04 Å². The van der Waals surface area contributed by atoms with Crippen LogP contribution < -0.4 is 11.1 Å². The molecule has 1 aliphatic carbocycles. The molecule has 2 heterocycles. The van der Waals surface area contributed by atoms with Crippen molar-refractivity contribution in [1.29, 1.82) is 0 Å². The number of fused-ring (bicyclic) bond motifs is 1. The highest BCUT2D eigenvalue weighted by Gasteiger charge is 2.23. The second-order valence-corrected chi connectivity index (χ2v) is 3.45. The number of nitrogens with one attached hydrogen (secondary N) is 2. The van der Waals surface area contributed by atoms with Crippen LogP contribution in [0, 0.1) is 0 Å². The van der Waals surface area contributed by atoms with Gasteiger partial charge in [-0.05, 0) is 12.8 Å². The van der Waals surface area contributed by atoms with Gasteiger partial charge in [-0.15, -0.1) is 0 Å². The zero-order chi connectivity index (χ0) is 9.54. The van der Waals surface area contributed by atoms with E-state index in [1.807, 2.05) is 0 Å². The standard InChI is InChI=1S/C8H10N6/c9-8-13-6-5(10-3-11-6)7(14-8)12-4-1-2-4/h3-4H,1-2H2,(H4,9,10,11,12,13,14). The number of anilines is 2. The van der Waals surface area contributed by atoms with Gasteiger partial charge in [0.05, 0.1) is 6.33 Å². The Morgan fingerprint density at radius 1 is 1.43 bits per heavy atom. The molecule has 0 amide bonds. The monoisotopic (exact) mass is 190 g/mol. The number of aromatic nitrogens is 4. The Morgan fingerprint density at radius 2 is 2.29 bits per heavy atom. The lowest BCUT2D eigenvalue weighted by molar-refractivity contribution is 1.10. The number of nitrogens with zero attached hydrogens (tertiary/aromatic N) is 3. The third-order valence-electron chi connectivity index (χ3n) is 2.21.